The SMILES string of the molecule is CCNC(=NCC(C)(O)c1cnn(C)c1)NCCCc1ccc(OC)cc1.I. The number of hydrogen-bond donors (Lipinski definition) is 3. The van der Waals surface area contributed by atoms with Crippen molar-refractivity contribution in [1.82, 2.24) is 20.4 Å². The standard InChI is InChI=1S/C20H31N5O2.HI/c1-5-21-19(23-15-20(2,26)17-13-24-25(3)14-17)22-12-6-7-16-8-10-18(27-4)11-9-16;/h8-11,13-14,26H,5-7,12,15H2,1-4H3,(H2,21,22,23);1H. The number of nitrogens with zero attached hydrogens (tertiary/aromatic N) is 3. The Morgan fingerprint density at radius 2 is 2.00 bits per heavy atom. The second-order valence-corrected chi connectivity index (χ2v) is 6.75. The Labute approximate surface area is 184 Å². The molecule has 1 aromatic carbocycles. The highest BCUT2D eigenvalue weighted by molar-refractivity contribution is 14.0. The number of rotatable bonds is 9. The summed E-state index contributed by atoms with van der Waals surface area (Å²) in [6.45, 7) is 5.59. The number of aromatic nitrogens is 2. The molecule has 2 rings (SSSR count). The van der Waals surface area contributed by atoms with Crippen LogP contribution in [0.1, 0.15) is 31.4 Å². The van der Waals surface area contributed by atoms with Crippen LogP contribution in [0.15, 0.2) is 41.7 Å². The Balaban J connectivity index is 0.00000392. The molecule has 0 amide bonds. The predicted octanol–water partition coefficient (Wildman–Crippen LogP) is 2.44. The zero-order valence-corrected chi connectivity index (χ0v) is 19.4. The number of aryl methyl sites for hydroxylation is 2. The van der Waals surface area contributed by atoms with Crippen molar-refractivity contribution < 1.29 is 9.84 Å². The predicted molar refractivity (Wildman–Crippen MR) is 123 cm³/mol. The van der Waals surface area contributed by atoms with Gasteiger partial charge < -0.3 is 20.5 Å². The van der Waals surface area contributed by atoms with Crippen LogP contribution in [0.5, 0.6) is 5.75 Å². The molecule has 7 nitrogen and oxygen atoms in total. The van der Waals surface area contributed by atoms with E-state index in [0.717, 1.165) is 37.2 Å². The molecule has 28 heavy (non-hydrogen) atoms. The number of aliphatic hydroxyl groups is 1. The minimum absolute atomic E-state index is 0. The Kier molecular flexibility index (Phi) is 10.3. The number of methoxy groups -OCH3 is 1. The van der Waals surface area contributed by atoms with E-state index in [-0.39, 0.29) is 30.5 Å². The van der Waals surface area contributed by atoms with Gasteiger partial charge in [0.25, 0.3) is 0 Å². The Hall–Kier alpha value is -1.81. The topological polar surface area (TPSA) is 83.7 Å². The van der Waals surface area contributed by atoms with Crippen LogP contribution in [0.4, 0.5) is 0 Å². The largest absolute Gasteiger partial charge is 0.497 e. The van der Waals surface area contributed by atoms with Gasteiger partial charge in [-0.2, -0.15) is 5.10 Å². The molecular weight excluding hydrogens is 469 g/mol. The molecule has 1 atom stereocenters. The van der Waals surface area contributed by atoms with E-state index in [9.17, 15) is 5.11 Å². The molecule has 8 heteroatoms. The van der Waals surface area contributed by atoms with Crippen LogP contribution in [-0.4, -0.2) is 47.6 Å². The van der Waals surface area contributed by atoms with Gasteiger partial charge >= 0.3 is 0 Å². The number of ether oxygens (including phenoxy) is 1. The second-order valence-electron chi connectivity index (χ2n) is 6.75. The summed E-state index contributed by atoms with van der Waals surface area (Å²) in [5, 5.41) is 21.3. The molecule has 2 aromatic rings. The molecule has 0 aliphatic carbocycles. The lowest BCUT2D eigenvalue weighted by atomic mass is 10.0. The maximum Gasteiger partial charge on any atom is 0.191 e. The lowest BCUT2D eigenvalue weighted by molar-refractivity contribution is 0.0672. The number of aliphatic imine (C=N–C) groups is 1. The molecule has 0 fully saturated rings. The Bertz CT molecular complexity index is 728. The van der Waals surface area contributed by atoms with Crippen molar-refractivity contribution in [3.8, 4) is 5.75 Å². The highest BCUT2D eigenvalue weighted by Gasteiger charge is 2.24. The first-order chi connectivity index (χ1) is 12.9. The Morgan fingerprint density at radius 1 is 1.29 bits per heavy atom. The molecule has 3 N–H and O–H groups in total. The van der Waals surface area contributed by atoms with Gasteiger partial charge in [0.05, 0.1) is 19.9 Å². The van der Waals surface area contributed by atoms with E-state index in [1.165, 1.54) is 5.56 Å². The van der Waals surface area contributed by atoms with Crippen molar-refractivity contribution >= 4 is 29.9 Å². The van der Waals surface area contributed by atoms with Gasteiger partial charge in [-0.25, -0.2) is 4.99 Å². The molecule has 0 aliphatic heterocycles. The van der Waals surface area contributed by atoms with Crippen molar-refractivity contribution in [2.45, 2.75) is 32.3 Å². The first-order valence-corrected chi connectivity index (χ1v) is 9.31. The van der Waals surface area contributed by atoms with Gasteiger partial charge in [-0.05, 0) is 44.4 Å². The average molecular weight is 501 g/mol. The van der Waals surface area contributed by atoms with Gasteiger partial charge in [0, 0.05) is 31.9 Å². The highest BCUT2D eigenvalue weighted by Crippen LogP contribution is 2.19. The van der Waals surface area contributed by atoms with Gasteiger partial charge in [0.1, 0.15) is 11.4 Å². The van der Waals surface area contributed by atoms with Crippen LogP contribution in [0.25, 0.3) is 0 Å². The third kappa shape index (κ3) is 7.67. The van der Waals surface area contributed by atoms with Crippen LogP contribution >= 0.6 is 24.0 Å². The second kappa shape index (κ2) is 11.9. The summed E-state index contributed by atoms with van der Waals surface area (Å²) in [5.74, 6) is 1.58. The van der Waals surface area contributed by atoms with E-state index < -0.39 is 5.60 Å². The third-order valence-electron chi connectivity index (χ3n) is 4.31. The number of nitrogens with one attached hydrogen (secondary N) is 2. The molecule has 0 spiro atoms. The minimum atomic E-state index is -1.06. The van der Waals surface area contributed by atoms with Crippen LogP contribution in [0.2, 0.25) is 0 Å². The van der Waals surface area contributed by atoms with E-state index in [0.29, 0.717) is 5.96 Å². The molecule has 0 aliphatic rings. The molecule has 0 saturated carbocycles. The van der Waals surface area contributed by atoms with Crippen molar-refractivity contribution in [1.29, 1.82) is 0 Å². The van der Waals surface area contributed by atoms with E-state index in [2.05, 4.69) is 32.9 Å². The summed E-state index contributed by atoms with van der Waals surface area (Å²) in [6.07, 6.45) is 5.44. The number of halogens is 1. The average Bonchev–Trinajstić information content (AvgIpc) is 3.11. The normalized spacial score (nSPS) is 13.4. The Morgan fingerprint density at radius 3 is 2.57 bits per heavy atom. The van der Waals surface area contributed by atoms with Gasteiger partial charge in [0.15, 0.2) is 5.96 Å². The van der Waals surface area contributed by atoms with Gasteiger partial charge in [-0.3, -0.25) is 4.68 Å². The van der Waals surface area contributed by atoms with Crippen LogP contribution < -0.4 is 15.4 Å². The third-order valence-corrected chi connectivity index (χ3v) is 4.31. The maximum atomic E-state index is 10.7. The van der Waals surface area contributed by atoms with Crippen molar-refractivity contribution in [3.05, 3.63) is 47.8 Å². The molecule has 0 saturated heterocycles. The molecule has 1 heterocycles. The summed E-state index contributed by atoms with van der Waals surface area (Å²) in [5.41, 5.74) is 0.975. The quantitative estimate of drug-likeness (QED) is 0.213. The number of benzene rings is 1. The van der Waals surface area contributed by atoms with Crippen LogP contribution in [0, 0.1) is 0 Å². The number of hydrogen-bond acceptors (Lipinski definition) is 4. The highest BCUT2D eigenvalue weighted by atomic mass is 127. The monoisotopic (exact) mass is 501 g/mol. The maximum absolute atomic E-state index is 10.7. The summed E-state index contributed by atoms with van der Waals surface area (Å²) in [4.78, 5) is 4.53. The van der Waals surface area contributed by atoms with E-state index in [4.69, 9.17) is 4.74 Å². The van der Waals surface area contributed by atoms with Crippen molar-refractivity contribution in [2.75, 3.05) is 26.7 Å². The van der Waals surface area contributed by atoms with Crippen LogP contribution in [0.3, 0.4) is 0 Å². The molecule has 1 unspecified atom stereocenters. The molecule has 0 radical (unpaired) electrons. The van der Waals surface area contributed by atoms with E-state index in [1.807, 2.05) is 32.3 Å². The van der Waals surface area contributed by atoms with E-state index >= 15 is 0 Å². The summed E-state index contributed by atoms with van der Waals surface area (Å²) in [7, 11) is 3.50. The molecule has 0 bridgehead atoms. The fraction of sp³-hybridized carbons (Fsp3) is 0.500. The zero-order chi connectivity index (χ0) is 19.7. The molecular formula is C20H32IN5O2. The zero-order valence-electron chi connectivity index (χ0n) is 17.1. The fourth-order valence-electron chi connectivity index (χ4n) is 2.66. The lowest BCUT2D eigenvalue weighted by Crippen LogP contribution is -2.39. The van der Waals surface area contributed by atoms with E-state index in [1.54, 1.807) is 24.9 Å². The smallest absolute Gasteiger partial charge is 0.191 e. The first kappa shape index (κ1) is 24.2. The van der Waals surface area contributed by atoms with Crippen molar-refractivity contribution in [3.63, 3.8) is 0 Å². The fourth-order valence-corrected chi connectivity index (χ4v) is 2.66. The summed E-state index contributed by atoms with van der Waals surface area (Å²) < 4.78 is 6.86. The van der Waals surface area contributed by atoms with Crippen molar-refractivity contribution in [2.24, 2.45) is 12.0 Å². The first-order valence-electron chi connectivity index (χ1n) is 9.31. The van der Waals surface area contributed by atoms with Gasteiger partial charge in [0.2, 0.25) is 0 Å². The summed E-state index contributed by atoms with van der Waals surface area (Å²) >= 11 is 0. The molecule has 1 aromatic heterocycles. The lowest BCUT2D eigenvalue weighted by Gasteiger charge is -2.20. The summed E-state index contributed by atoms with van der Waals surface area (Å²) in [6, 6.07) is 8.13. The van der Waals surface area contributed by atoms with Gasteiger partial charge in [-0.1, -0.05) is 12.1 Å². The number of guanidine groups is 1. The van der Waals surface area contributed by atoms with Gasteiger partial charge in [-0.15, -0.1) is 24.0 Å². The van der Waals surface area contributed by atoms with Crippen LogP contribution in [-0.2, 0) is 19.1 Å². The minimum Gasteiger partial charge on any atom is -0.497 e. The molecule has 156 valence electrons.